The van der Waals surface area contributed by atoms with Crippen molar-refractivity contribution in [1.29, 1.82) is 0 Å². The molecule has 1 aliphatic heterocycles. The maximum absolute atomic E-state index is 12.9. The van der Waals surface area contributed by atoms with Crippen LogP contribution in [0.15, 0.2) is 60.9 Å². The first kappa shape index (κ1) is 18.7. The first-order chi connectivity index (χ1) is 14.2. The number of amides is 1. The molecule has 4 rings (SSSR count). The van der Waals surface area contributed by atoms with Gasteiger partial charge in [-0.2, -0.15) is 5.10 Å². The highest BCUT2D eigenvalue weighted by atomic mass is 16.5. The Bertz CT molecular complexity index is 1010. The third-order valence-electron chi connectivity index (χ3n) is 5.01. The van der Waals surface area contributed by atoms with Gasteiger partial charge in [0.05, 0.1) is 29.7 Å². The molecule has 0 atom stereocenters. The second kappa shape index (κ2) is 8.18. The molecule has 3 aromatic rings. The van der Waals surface area contributed by atoms with Gasteiger partial charge in [-0.05, 0) is 61.4 Å². The van der Waals surface area contributed by atoms with E-state index < -0.39 is 5.97 Å². The fourth-order valence-corrected chi connectivity index (χ4v) is 3.50. The largest absolute Gasteiger partial charge is 0.465 e. The van der Waals surface area contributed by atoms with Crippen LogP contribution in [0.1, 0.15) is 33.6 Å². The van der Waals surface area contributed by atoms with E-state index in [0.717, 1.165) is 37.3 Å². The van der Waals surface area contributed by atoms with Crippen LogP contribution < -0.4 is 10.2 Å². The van der Waals surface area contributed by atoms with E-state index in [2.05, 4.69) is 15.3 Å². The van der Waals surface area contributed by atoms with Crippen molar-refractivity contribution in [3.05, 3.63) is 72.1 Å². The van der Waals surface area contributed by atoms with E-state index in [0.29, 0.717) is 16.8 Å². The zero-order chi connectivity index (χ0) is 20.2. The van der Waals surface area contributed by atoms with Gasteiger partial charge in [-0.15, -0.1) is 0 Å². The molecule has 0 spiro atoms. The SMILES string of the molecule is COC(=O)c1ccc(N2CCCC2)c(NC(=O)c2ccc(-n3cccn3)cc2)c1. The molecule has 7 nitrogen and oxygen atoms in total. The van der Waals surface area contributed by atoms with Crippen LogP contribution in [0, 0.1) is 0 Å². The second-order valence-electron chi connectivity index (χ2n) is 6.87. The van der Waals surface area contributed by atoms with Crippen LogP contribution in [0.25, 0.3) is 5.69 Å². The van der Waals surface area contributed by atoms with Gasteiger partial charge in [-0.25, -0.2) is 9.48 Å². The van der Waals surface area contributed by atoms with Crippen LogP contribution in [0.3, 0.4) is 0 Å². The first-order valence-corrected chi connectivity index (χ1v) is 9.54. The van der Waals surface area contributed by atoms with Crippen molar-refractivity contribution in [3.63, 3.8) is 0 Å². The van der Waals surface area contributed by atoms with Gasteiger partial charge < -0.3 is 15.0 Å². The van der Waals surface area contributed by atoms with Crippen molar-refractivity contribution in [2.75, 3.05) is 30.4 Å². The minimum Gasteiger partial charge on any atom is -0.465 e. The number of hydrogen-bond acceptors (Lipinski definition) is 5. The van der Waals surface area contributed by atoms with Crippen molar-refractivity contribution in [3.8, 4) is 5.69 Å². The number of nitrogens with one attached hydrogen (secondary N) is 1. The molecule has 0 radical (unpaired) electrons. The molecule has 2 aromatic carbocycles. The van der Waals surface area contributed by atoms with E-state index in [4.69, 9.17) is 4.74 Å². The van der Waals surface area contributed by atoms with Gasteiger partial charge in [0.15, 0.2) is 0 Å². The average molecular weight is 390 g/mol. The van der Waals surface area contributed by atoms with Gasteiger partial charge in [0.1, 0.15) is 0 Å². The summed E-state index contributed by atoms with van der Waals surface area (Å²) in [6.45, 7) is 1.86. The third kappa shape index (κ3) is 3.99. The summed E-state index contributed by atoms with van der Waals surface area (Å²) in [5, 5.41) is 7.15. The first-order valence-electron chi connectivity index (χ1n) is 9.54. The number of anilines is 2. The van der Waals surface area contributed by atoms with E-state index in [1.54, 1.807) is 35.1 Å². The average Bonchev–Trinajstić information content (AvgIpc) is 3.47. The van der Waals surface area contributed by atoms with Crippen LogP contribution in [-0.2, 0) is 4.74 Å². The van der Waals surface area contributed by atoms with E-state index in [9.17, 15) is 9.59 Å². The molecule has 2 heterocycles. The monoisotopic (exact) mass is 390 g/mol. The summed E-state index contributed by atoms with van der Waals surface area (Å²) in [6.07, 6.45) is 5.77. The van der Waals surface area contributed by atoms with Crippen LogP contribution >= 0.6 is 0 Å². The Morgan fingerprint density at radius 1 is 1.03 bits per heavy atom. The summed E-state index contributed by atoms with van der Waals surface area (Å²) in [6, 6.07) is 14.3. The van der Waals surface area contributed by atoms with Crippen molar-refractivity contribution < 1.29 is 14.3 Å². The zero-order valence-electron chi connectivity index (χ0n) is 16.2. The highest BCUT2D eigenvalue weighted by molar-refractivity contribution is 6.07. The molecule has 1 aromatic heterocycles. The molecular formula is C22H22N4O3. The highest BCUT2D eigenvalue weighted by Crippen LogP contribution is 2.30. The summed E-state index contributed by atoms with van der Waals surface area (Å²) in [7, 11) is 1.34. The number of benzene rings is 2. The Balaban J connectivity index is 1.59. The van der Waals surface area contributed by atoms with Gasteiger partial charge >= 0.3 is 5.97 Å². The van der Waals surface area contributed by atoms with Crippen LogP contribution in [0.4, 0.5) is 11.4 Å². The second-order valence-corrected chi connectivity index (χ2v) is 6.87. The van der Waals surface area contributed by atoms with Gasteiger partial charge in [-0.1, -0.05) is 0 Å². The van der Waals surface area contributed by atoms with Crippen molar-refractivity contribution >= 4 is 23.3 Å². The number of esters is 1. The lowest BCUT2D eigenvalue weighted by molar-refractivity contribution is 0.0600. The van der Waals surface area contributed by atoms with Crippen LogP contribution in [0.5, 0.6) is 0 Å². The van der Waals surface area contributed by atoms with Gasteiger partial charge in [0, 0.05) is 31.0 Å². The molecule has 0 bridgehead atoms. The molecule has 1 aliphatic rings. The van der Waals surface area contributed by atoms with Crippen molar-refractivity contribution in [2.45, 2.75) is 12.8 Å². The molecule has 1 N–H and O–H groups in total. The molecule has 1 saturated heterocycles. The molecule has 1 amide bonds. The summed E-state index contributed by atoms with van der Waals surface area (Å²) in [5.74, 6) is -0.670. The number of ether oxygens (including phenoxy) is 1. The number of nitrogens with zero attached hydrogens (tertiary/aromatic N) is 3. The summed E-state index contributed by atoms with van der Waals surface area (Å²) in [4.78, 5) is 27.0. The Labute approximate surface area is 168 Å². The molecule has 0 unspecified atom stereocenters. The number of rotatable bonds is 5. The van der Waals surface area contributed by atoms with E-state index in [-0.39, 0.29) is 5.91 Å². The van der Waals surface area contributed by atoms with Crippen LogP contribution in [0.2, 0.25) is 0 Å². The number of methoxy groups -OCH3 is 1. The third-order valence-corrected chi connectivity index (χ3v) is 5.01. The molecule has 7 heteroatoms. The number of hydrogen-bond donors (Lipinski definition) is 1. The topological polar surface area (TPSA) is 76.5 Å². The predicted molar refractivity (Wildman–Crippen MR) is 111 cm³/mol. The van der Waals surface area contributed by atoms with Gasteiger partial charge in [0.25, 0.3) is 5.91 Å². The fraction of sp³-hybridized carbons (Fsp3) is 0.227. The molecule has 29 heavy (non-hydrogen) atoms. The predicted octanol–water partition coefficient (Wildman–Crippen LogP) is 3.51. The van der Waals surface area contributed by atoms with Gasteiger partial charge in [-0.3, -0.25) is 4.79 Å². The lowest BCUT2D eigenvalue weighted by atomic mass is 10.1. The Kier molecular flexibility index (Phi) is 5.29. The zero-order valence-corrected chi connectivity index (χ0v) is 16.2. The summed E-state index contributed by atoms with van der Waals surface area (Å²) in [5.41, 5.74) is 3.32. The Hall–Kier alpha value is -3.61. The quantitative estimate of drug-likeness (QED) is 0.675. The standard InChI is InChI=1S/C22H22N4O3/c1-29-22(28)17-7-10-20(25-12-2-3-13-25)19(15-17)24-21(27)16-5-8-18(9-6-16)26-14-4-11-23-26/h4-11,14-15H,2-3,12-13H2,1H3,(H,24,27). The molecule has 148 valence electrons. The molecule has 0 saturated carbocycles. The number of carbonyl (C=O) groups excluding carboxylic acids is 2. The Morgan fingerprint density at radius 3 is 2.41 bits per heavy atom. The highest BCUT2D eigenvalue weighted by Gasteiger charge is 2.19. The summed E-state index contributed by atoms with van der Waals surface area (Å²) >= 11 is 0. The Morgan fingerprint density at radius 2 is 1.76 bits per heavy atom. The molecule has 1 fully saturated rings. The molecule has 0 aliphatic carbocycles. The van der Waals surface area contributed by atoms with Gasteiger partial charge in [0.2, 0.25) is 0 Å². The minimum absolute atomic E-state index is 0.237. The smallest absolute Gasteiger partial charge is 0.337 e. The van der Waals surface area contributed by atoms with E-state index in [1.807, 2.05) is 30.5 Å². The maximum Gasteiger partial charge on any atom is 0.337 e. The maximum atomic E-state index is 12.9. The van der Waals surface area contributed by atoms with Crippen LogP contribution in [-0.4, -0.2) is 41.9 Å². The number of carbonyl (C=O) groups is 2. The lowest BCUT2D eigenvalue weighted by Gasteiger charge is -2.22. The lowest BCUT2D eigenvalue weighted by Crippen LogP contribution is -2.21. The number of aromatic nitrogens is 2. The van der Waals surface area contributed by atoms with E-state index in [1.165, 1.54) is 7.11 Å². The minimum atomic E-state index is -0.433. The van der Waals surface area contributed by atoms with Crippen molar-refractivity contribution in [1.82, 2.24) is 9.78 Å². The summed E-state index contributed by atoms with van der Waals surface area (Å²) < 4.78 is 6.55. The van der Waals surface area contributed by atoms with E-state index >= 15 is 0 Å². The molecular weight excluding hydrogens is 368 g/mol. The fourth-order valence-electron chi connectivity index (χ4n) is 3.50. The van der Waals surface area contributed by atoms with Crippen molar-refractivity contribution in [2.24, 2.45) is 0 Å². The normalized spacial score (nSPS) is 13.3.